The summed E-state index contributed by atoms with van der Waals surface area (Å²) in [5, 5.41) is 22.7. The van der Waals surface area contributed by atoms with Crippen molar-refractivity contribution in [2.45, 2.75) is 25.0 Å². The number of aliphatic hydroxyl groups excluding tert-OH is 1. The Morgan fingerprint density at radius 2 is 1.74 bits per heavy atom. The molecule has 35 heavy (non-hydrogen) atoms. The number of carboxylic acids is 1. The van der Waals surface area contributed by atoms with Gasteiger partial charge >= 0.3 is 5.97 Å². The summed E-state index contributed by atoms with van der Waals surface area (Å²) in [6.07, 6.45) is 1.11. The van der Waals surface area contributed by atoms with E-state index in [2.05, 4.69) is 59.2 Å². The number of benzene rings is 3. The van der Waals surface area contributed by atoms with Crippen LogP contribution in [0, 0.1) is 0 Å². The van der Waals surface area contributed by atoms with E-state index < -0.39 is 12.1 Å². The molecule has 0 saturated heterocycles. The normalized spacial score (nSPS) is 15.7. The van der Waals surface area contributed by atoms with E-state index in [1.54, 1.807) is 12.1 Å². The molecule has 1 unspecified atom stereocenters. The average molecular weight is 670 g/mol. The number of ether oxygens (including phenoxy) is 2. The zero-order valence-electron chi connectivity index (χ0n) is 18.6. The fourth-order valence-corrected chi connectivity index (χ4v) is 6.38. The lowest BCUT2D eigenvalue weighted by Crippen LogP contribution is -2.39. The number of halogens is 3. The summed E-state index contributed by atoms with van der Waals surface area (Å²) in [6.45, 7) is 1.18. The number of aryl methyl sites for hydroxylation is 1. The zero-order valence-corrected chi connectivity index (χ0v) is 23.4. The van der Waals surface area contributed by atoms with Gasteiger partial charge in [0.1, 0.15) is 30.3 Å². The van der Waals surface area contributed by atoms with Crippen molar-refractivity contribution in [1.82, 2.24) is 5.32 Å². The Bertz CT molecular complexity index is 1180. The van der Waals surface area contributed by atoms with Gasteiger partial charge in [0, 0.05) is 17.6 Å². The summed E-state index contributed by atoms with van der Waals surface area (Å²) in [5.74, 6) is 0.584. The Morgan fingerprint density at radius 3 is 2.43 bits per heavy atom. The average Bonchev–Trinajstić information content (AvgIpc) is 2.83. The molecular weight excluding hydrogens is 646 g/mol. The number of carbonyl (C=O) groups is 1. The summed E-state index contributed by atoms with van der Waals surface area (Å²) < 4.78 is 14.5. The molecule has 6 nitrogen and oxygen atoms in total. The molecule has 0 saturated carbocycles. The fourth-order valence-electron chi connectivity index (χ4n) is 3.89. The summed E-state index contributed by atoms with van der Waals surface area (Å²) in [6, 6.07) is 16.7. The van der Waals surface area contributed by atoms with Crippen LogP contribution in [0.3, 0.4) is 0 Å². The highest BCUT2D eigenvalue weighted by Crippen LogP contribution is 2.36. The van der Waals surface area contributed by atoms with Crippen LogP contribution in [0.4, 0.5) is 0 Å². The van der Waals surface area contributed by atoms with Gasteiger partial charge in [0.05, 0.1) is 14.5 Å². The van der Waals surface area contributed by atoms with Gasteiger partial charge in [0.15, 0.2) is 0 Å². The molecule has 0 bridgehead atoms. The molecule has 1 aliphatic heterocycles. The van der Waals surface area contributed by atoms with Crippen LogP contribution >= 0.6 is 47.8 Å². The van der Waals surface area contributed by atoms with E-state index in [4.69, 9.17) is 14.6 Å². The second kappa shape index (κ2) is 11.9. The Labute approximate surface area is 229 Å². The molecule has 184 valence electrons. The third kappa shape index (κ3) is 6.86. The van der Waals surface area contributed by atoms with Crippen LogP contribution in [0.2, 0.25) is 0 Å². The van der Waals surface area contributed by atoms with Gasteiger partial charge in [-0.2, -0.15) is 0 Å². The lowest BCUT2D eigenvalue weighted by molar-refractivity contribution is 0.0697. The number of aliphatic hydroxyl groups is 1. The van der Waals surface area contributed by atoms with E-state index in [0.717, 1.165) is 48.7 Å². The Balaban J connectivity index is 1.25. The van der Waals surface area contributed by atoms with Crippen molar-refractivity contribution in [3.63, 3.8) is 0 Å². The predicted octanol–water partition coefficient (Wildman–Crippen LogP) is 6.06. The summed E-state index contributed by atoms with van der Waals surface area (Å²) in [4.78, 5) is 11.1. The molecular formula is C26H24Br3NO5. The molecule has 1 heterocycles. The predicted molar refractivity (Wildman–Crippen MR) is 145 cm³/mol. The molecule has 2 atom stereocenters. The van der Waals surface area contributed by atoms with Crippen molar-refractivity contribution in [3.8, 4) is 22.6 Å². The van der Waals surface area contributed by atoms with E-state index in [9.17, 15) is 9.90 Å². The SMILES string of the molecule is O=C(O)c1ccc(-c2ccc3c(c2)CC[C@H](CNCC(O)COc2c(Br)cc(Br)cc2Br)O3)cc1. The molecule has 0 spiro atoms. The minimum absolute atomic E-state index is 0.0195. The van der Waals surface area contributed by atoms with Crippen molar-refractivity contribution in [2.75, 3.05) is 19.7 Å². The van der Waals surface area contributed by atoms with Gasteiger partial charge in [-0.3, -0.25) is 0 Å². The van der Waals surface area contributed by atoms with Gasteiger partial charge in [-0.1, -0.05) is 34.1 Å². The molecule has 3 aromatic rings. The van der Waals surface area contributed by atoms with E-state index in [0.29, 0.717) is 18.8 Å². The van der Waals surface area contributed by atoms with Crippen LogP contribution in [0.15, 0.2) is 68.0 Å². The first-order valence-electron chi connectivity index (χ1n) is 11.1. The molecule has 3 N–H and O–H groups in total. The molecule has 0 aliphatic carbocycles. The summed E-state index contributed by atoms with van der Waals surface area (Å²) in [5.41, 5.74) is 3.42. The van der Waals surface area contributed by atoms with Crippen LogP contribution < -0.4 is 14.8 Å². The third-order valence-electron chi connectivity index (χ3n) is 5.69. The largest absolute Gasteiger partial charge is 0.489 e. The maximum Gasteiger partial charge on any atom is 0.335 e. The van der Waals surface area contributed by atoms with E-state index >= 15 is 0 Å². The molecule has 0 radical (unpaired) electrons. The van der Waals surface area contributed by atoms with Crippen molar-refractivity contribution in [3.05, 3.63) is 79.1 Å². The third-order valence-corrected chi connectivity index (χ3v) is 7.33. The number of carboxylic acid groups (broad SMARTS) is 1. The quantitative estimate of drug-likeness (QED) is 0.257. The Kier molecular flexibility index (Phi) is 8.88. The van der Waals surface area contributed by atoms with Gasteiger partial charge in [0.2, 0.25) is 0 Å². The zero-order chi connectivity index (χ0) is 24.9. The highest BCUT2D eigenvalue weighted by atomic mass is 79.9. The summed E-state index contributed by atoms with van der Waals surface area (Å²) in [7, 11) is 0. The van der Waals surface area contributed by atoms with Crippen LogP contribution in [-0.4, -0.2) is 48.1 Å². The van der Waals surface area contributed by atoms with Crippen LogP contribution in [0.1, 0.15) is 22.3 Å². The van der Waals surface area contributed by atoms with E-state index in [1.165, 1.54) is 0 Å². The van der Waals surface area contributed by atoms with Crippen molar-refractivity contribution >= 4 is 53.8 Å². The smallest absolute Gasteiger partial charge is 0.335 e. The molecule has 0 fully saturated rings. The molecule has 9 heteroatoms. The maximum atomic E-state index is 11.1. The Morgan fingerprint density at radius 1 is 1.06 bits per heavy atom. The molecule has 4 rings (SSSR count). The first kappa shape index (κ1) is 26.2. The maximum absolute atomic E-state index is 11.1. The molecule has 3 aromatic carbocycles. The van der Waals surface area contributed by atoms with Gasteiger partial charge in [0.25, 0.3) is 0 Å². The standard InChI is InChI=1S/C26H24Br3NO5/c27-19-10-22(28)25(23(29)11-19)34-14-20(31)12-30-13-21-7-5-18-9-17(6-8-24(18)35-21)15-1-3-16(4-2-15)26(32)33/h1-4,6,8-11,20-21,30-31H,5,7,12-14H2,(H,32,33)/t20?,21-/m1/s1. The van der Waals surface area contributed by atoms with Crippen LogP contribution in [0.5, 0.6) is 11.5 Å². The number of fused-ring (bicyclic) bond motifs is 1. The lowest BCUT2D eigenvalue weighted by atomic mass is 9.96. The number of nitrogens with one attached hydrogen (secondary N) is 1. The first-order chi connectivity index (χ1) is 16.8. The monoisotopic (exact) mass is 667 g/mol. The van der Waals surface area contributed by atoms with Crippen molar-refractivity contribution in [2.24, 2.45) is 0 Å². The van der Waals surface area contributed by atoms with Gasteiger partial charge in [-0.15, -0.1) is 0 Å². The van der Waals surface area contributed by atoms with Gasteiger partial charge in [-0.25, -0.2) is 4.79 Å². The molecule has 0 amide bonds. The van der Waals surface area contributed by atoms with Gasteiger partial charge in [-0.05, 0) is 97.8 Å². The second-order valence-corrected chi connectivity index (χ2v) is 10.9. The minimum atomic E-state index is -0.930. The Hall–Kier alpha value is -1.91. The topological polar surface area (TPSA) is 88.0 Å². The van der Waals surface area contributed by atoms with Crippen molar-refractivity contribution in [1.29, 1.82) is 0 Å². The van der Waals surface area contributed by atoms with Gasteiger partial charge < -0.3 is 25.0 Å². The number of rotatable bonds is 9. The minimum Gasteiger partial charge on any atom is -0.489 e. The molecule has 0 aromatic heterocycles. The first-order valence-corrected chi connectivity index (χ1v) is 13.5. The van der Waals surface area contributed by atoms with Crippen LogP contribution in [0.25, 0.3) is 11.1 Å². The highest BCUT2D eigenvalue weighted by Gasteiger charge is 2.21. The van der Waals surface area contributed by atoms with E-state index in [1.807, 2.05) is 36.4 Å². The highest BCUT2D eigenvalue weighted by molar-refractivity contribution is 9.11. The lowest BCUT2D eigenvalue weighted by Gasteiger charge is -2.27. The number of hydrogen-bond donors (Lipinski definition) is 3. The second-order valence-electron chi connectivity index (χ2n) is 8.31. The van der Waals surface area contributed by atoms with E-state index in [-0.39, 0.29) is 18.3 Å². The molecule has 1 aliphatic rings. The number of aromatic carboxylic acids is 1. The fraction of sp³-hybridized carbons (Fsp3) is 0.269. The summed E-state index contributed by atoms with van der Waals surface area (Å²) >= 11 is 10.4. The van der Waals surface area contributed by atoms with Crippen LogP contribution in [-0.2, 0) is 6.42 Å². The van der Waals surface area contributed by atoms with Crippen molar-refractivity contribution < 1.29 is 24.5 Å². The number of hydrogen-bond acceptors (Lipinski definition) is 5.